The van der Waals surface area contributed by atoms with Crippen LogP contribution < -0.4 is 5.32 Å². The first-order valence-corrected chi connectivity index (χ1v) is 10.2. The molecule has 7 heteroatoms. The predicted octanol–water partition coefficient (Wildman–Crippen LogP) is 2.08. The number of rotatable bonds is 6. The SMILES string of the molecule is CC[C@H](NC(=O)C1CCN(S(=O)(=O)N(C)C)CC1)c1ccccc1C. The second kappa shape index (κ2) is 8.29. The lowest BCUT2D eigenvalue weighted by atomic mass is 9.94. The van der Waals surface area contributed by atoms with Crippen LogP contribution in [0.25, 0.3) is 0 Å². The van der Waals surface area contributed by atoms with Gasteiger partial charge in [0.1, 0.15) is 0 Å². The first-order valence-electron chi connectivity index (χ1n) is 8.80. The molecule has 25 heavy (non-hydrogen) atoms. The molecule has 6 nitrogen and oxygen atoms in total. The monoisotopic (exact) mass is 367 g/mol. The van der Waals surface area contributed by atoms with Crippen LogP contribution in [0, 0.1) is 12.8 Å². The van der Waals surface area contributed by atoms with E-state index in [2.05, 4.69) is 31.3 Å². The lowest BCUT2D eigenvalue weighted by Crippen LogP contribution is -2.47. The summed E-state index contributed by atoms with van der Waals surface area (Å²) < 4.78 is 27.0. The minimum Gasteiger partial charge on any atom is -0.349 e. The molecule has 1 aliphatic rings. The van der Waals surface area contributed by atoms with Gasteiger partial charge in [-0.15, -0.1) is 0 Å². The first kappa shape index (κ1) is 19.9. The van der Waals surface area contributed by atoms with Crippen molar-refractivity contribution in [3.8, 4) is 0 Å². The molecule has 2 rings (SSSR count). The van der Waals surface area contributed by atoms with Crippen LogP contribution in [0.4, 0.5) is 0 Å². The molecule has 1 atom stereocenters. The Bertz CT molecular complexity index is 695. The van der Waals surface area contributed by atoms with Gasteiger partial charge in [0.15, 0.2) is 0 Å². The van der Waals surface area contributed by atoms with Crippen LogP contribution in [0.15, 0.2) is 24.3 Å². The molecule has 0 unspecified atom stereocenters. The Morgan fingerprint density at radius 2 is 1.88 bits per heavy atom. The first-order chi connectivity index (χ1) is 11.8. The molecule has 1 aliphatic heterocycles. The Morgan fingerprint density at radius 3 is 2.40 bits per heavy atom. The van der Waals surface area contributed by atoms with Gasteiger partial charge in [-0.05, 0) is 37.3 Å². The van der Waals surface area contributed by atoms with E-state index in [0.717, 1.165) is 12.0 Å². The molecule has 1 fully saturated rings. The molecule has 0 aliphatic carbocycles. The van der Waals surface area contributed by atoms with Crippen molar-refractivity contribution in [2.45, 2.75) is 39.2 Å². The number of amides is 1. The van der Waals surface area contributed by atoms with Gasteiger partial charge in [-0.3, -0.25) is 4.79 Å². The van der Waals surface area contributed by atoms with Gasteiger partial charge < -0.3 is 5.32 Å². The van der Waals surface area contributed by atoms with Crippen LogP contribution in [0.3, 0.4) is 0 Å². The summed E-state index contributed by atoms with van der Waals surface area (Å²) in [5, 5.41) is 3.15. The number of hydrogen-bond acceptors (Lipinski definition) is 3. The van der Waals surface area contributed by atoms with Gasteiger partial charge in [0.05, 0.1) is 6.04 Å². The van der Waals surface area contributed by atoms with E-state index < -0.39 is 10.2 Å². The van der Waals surface area contributed by atoms with E-state index in [0.29, 0.717) is 25.9 Å². The molecular formula is C18H29N3O3S. The third-order valence-electron chi connectivity index (χ3n) is 4.90. The highest BCUT2D eigenvalue weighted by atomic mass is 32.2. The molecule has 1 aromatic carbocycles. The van der Waals surface area contributed by atoms with Gasteiger partial charge in [0.25, 0.3) is 10.2 Å². The van der Waals surface area contributed by atoms with Crippen molar-refractivity contribution in [3.63, 3.8) is 0 Å². The average molecular weight is 368 g/mol. The molecule has 0 spiro atoms. The second-order valence-corrected chi connectivity index (χ2v) is 8.93. The number of hydrogen-bond donors (Lipinski definition) is 1. The maximum absolute atomic E-state index is 12.7. The number of benzene rings is 1. The molecule has 1 heterocycles. The van der Waals surface area contributed by atoms with Crippen molar-refractivity contribution in [3.05, 3.63) is 35.4 Å². The molecular weight excluding hydrogens is 338 g/mol. The number of carbonyl (C=O) groups is 1. The highest BCUT2D eigenvalue weighted by Gasteiger charge is 2.32. The fraction of sp³-hybridized carbons (Fsp3) is 0.611. The quantitative estimate of drug-likeness (QED) is 0.837. The van der Waals surface area contributed by atoms with Crippen molar-refractivity contribution in [2.24, 2.45) is 5.92 Å². The zero-order valence-corrected chi connectivity index (χ0v) is 16.3. The number of aryl methyl sites for hydroxylation is 1. The number of piperidine rings is 1. The average Bonchev–Trinajstić information content (AvgIpc) is 2.60. The van der Waals surface area contributed by atoms with E-state index in [1.54, 1.807) is 0 Å². The van der Waals surface area contributed by atoms with Crippen LogP contribution in [-0.4, -0.2) is 50.1 Å². The number of carbonyl (C=O) groups excluding carboxylic acids is 1. The molecule has 1 N–H and O–H groups in total. The Balaban J connectivity index is 1.97. The lowest BCUT2D eigenvalue weighted by molar-refractivity contribution is -0.126. The maximum atomic E-state index is 12.7. The zero-order chi connectivity index (χ0) is 18.6. The van der Waals surface area contributed by atoms with E-state index in [1.807, 2.05) is 12.1 Å². The van der Waals surface area contributed by atoms with E-state index in [9.17, 15) is 13.2 Å². The molecule has 140 valence electrons. The fourth-order valence-electron chi connectivity index (χ4n) is 3.25. The summed E-state index contributed by atoms with van der Waals surface area (Å²) in [6.07, 6.45) is 1.94. The molecule has 0 bridgehead atoms. The van der Waals surface area contributed by atoms with E-state index in [-0.39, 0.29) is 17.9 Å². The van der Waals surface area contributed by atoms with Crippen LogP contribution in [0.1, 0.15) is 43.4 Å². The molecule has 0 aromatic heterocycles. The Labute approximate surface area is 151 Å². The van der Waals surface area contributed by atoms with Crippen molar-refractivity contribution < 1.29 is 13.2 Å². The minimum absolute atomic E-state index is 0.00256. The summed E-state index contributed by atoms with van der Waals surface area (Å²) in [5.74, 6) is -0.108. The van der Waals surface area contributed by atoms with E-state index in [1.165, 1.54) is 28.3 Å². The topological polar surface area (TPSA) is 69.7 Å². The lowest BCUT2D eigenvalue weighted by Gasteiger charge is -2.33. The van der Waals surface area contributed by atoms with Crippen LogP contribution in [-0.2, 0) is 15.0 Å². The summed E-state index contributed by atoms with van der Waals surface area (Å²) in [6.45, 7) is 4.89. The standard InChI is InChI=1S/C18H29N3O3S/c1-5-17(16-9-7-6-8-14(16)2)19-18(22)15-10-12-21(13-11-15)25(23,24)20(3)4/h6-9,15,17H,5,10-13H2,1-4H3,(H,19,22)/t17-/m0/s1. The molecule has 1 aromatic rings. The fourth-order valence-corrected chi connectivity index (χ4v) is 4.38. The van der Waals surface area contributed by atoms with E-state index in [4.69, 9.17) is 0 Å². The minimum atomic E-state index is -3.39. The molecule has 1 saturated heterocycles. The van der Waals surface area contributed by atoms with Crippen LogP contribution in [0.2, 0.25) is 0 Å². The molecule has 0 saturated carbocycles. The molecule has 1 amide bonds. The van der Waals surface area contributed by atoms with Crippen LogP contribution in [0.5, 0.6) is 0 Å². The third-order valence-corrected chi connectivity index (χ3v) is 6.84. The zero-order valence-electron chi connectivity index (χ0n) is 15.5. The van der Waals surface area contributed by atoms with Crippen LogP contribution >= 0.6 is 0 Å². The second-order valence-electron chi connectivity index (χ2n) is 6.79. The van der Waals surface area contributed by atoms with Crippen molar-refractivity contribution in [1.82, 2.24) is 13.9 Å². The van der Waals surface area contributed by atoms with Gasteiger partial charge in [-0.2, -0.15) is 17.0 Å². The van der Waals surface area contributed by atoms with Crippen molar-refractivity contribution in [1.29, 1.82) is 0 Å². The van der Waals surface area contributed by atoms with Gasteiger partial charge in [0.2, 0.25) is 5.91 Å². The predicted molar refractivity (Wildman–Crippen MR) is 99.3 cm³/mol. The van der Waals surface area contributed by atoms with Gasteiger partial charge in [0, 0.05) is 33.1 Å². The normalized spacial score (nSPS) is 18.3. The summed E-state index contributed by atoms with van der Waals surface area (Å²) >= 11 is 0. The van der Waals surface area contributed by atoms with Gasteiger partial charge in [-0.25, -0.2) is 0 Å². The Kier molecular flexibility index (Phi) is 6.59. The largest absolute Gasteiger partial charge is 0.349 e. The Morgan fingerprint density at radius 1 is 1.28 bits per heavy atom. The number of nitrogens with one attached hydrogen (secondary N) is 1. The summed E-state index contributed by atoms with van der Waals surface area (Å²) in [5.41, 5.74) is 2.31. The highest BCUT2D eigenvalue weighted by molar-refractivity contribution is 7.86. The van der Waals surface area contributed by atoms with Crippen molar-refractivity contribution in [2.75, 3.05) is 27.2 Å². The van der Waals surface area contributed by atoms with Crippen molar-refractivity contribution >= 4 is 16.1 Å². The smallest absolute Gasteiger partial charge is 0.281 e. The summed E-state index contributed by atoms with van der Waals surface area (Å²) in [6, 6.07) is 8.08. The number of nitrogens with zero attached hydrogens (tertiary/aromatic N) is 2. The van der Waals surface area contributed by atoms with Gasteiger partial charge >= 0.3 is 0 Å². The third kappa shape index (κ3) is 4.59. The highest BCUT2D eigenvalue weighted by Crippen LogP contribution is 2.24. The summed E-state index contributed by atoms with van der Waals surface area (Å²) in [7, 11) is -0.331. The summed E-state index contributed by atoms with van der Waals surface area (Å²) in [4.78, 5) is 12.7. The molecule has 0 radical (unpaired) electrons. The Hall–Kier alpha value is -1.44. The maximum Gasteiger partial charge on any atom is 0.281 e. The van der Waals surface area contributed by atoms with Gasteiger partial charge in [-0.1, -0.05) is 31.2 Å². The van der Waals surface area contributed by atoms with E-state index >= 15 is 0 Å².